The van der Waals surface area contributed by atoms with E-state index in [1.165, 1.54) is 52.1 Å². The predicted octanol–water partition coefficient (Wildman–Crippen LogP) is 4.88. The van der Waals surface area contributed by atoms with Gasteiger partial charge in [0.25, 0.3) is 0 Å². The molecule has 0 heterocycles. The maximum Gasteiger partial charge on any atom is 0.00157 e. The van der Waals surface area contributed by atoms with Gasteiger partial charge < -0.3 is 9.80 Å². The SMILES string of the molecule is CCN(CC)CC1CC(C)=C(C)CC1CN(CC)CC.Cl.Cl. The molecule has 0 N–H and O–H groups in total. The lowest BCUT2D eigenvalue weighted by Gasteiger charge is -2.38. The molecule has 2 atom stereocenters. The second-order valence-electron chi connectivity index (χ2n) is 6.46. The molecule has 0 aliphatic heterocycles. The van der Waals surface area contributed by atoms with Gasteiger partial charge >= 0.3 is 0 Å². The summed E-state index contributed by atoms with van der Waals surface area (Å²) in [6.07, 6.45) is 2.63. The third kappa shape index (κ3) is 7.21. The van der Waals surface area contributed by atoms with Crippen molar-refractivity contribution in [3.05, 3.63) is 11.1 Å². The Kier molecular flexibility index (Phi) is 14.1. The van der Waals surface area contributed by atoms with Crippen molar-refractivity contribution >= 4 is 24.8 Å². The van der Waals surface area contributed by atoms with Crippen LogP contribution in [0.3, 0.4) is 0 Å². The minimum Gasteiger partial charge on any atom is -0.304 e. The van der Waals surface area contributed by atoms with Gasteiger partial charge in [0.15, 0.2) is 0 Å². The van der Waals surface area contributed by atoms with Crippen molar-refractivity contribution in [2.24, 2.45) is 11.8 Å². The molecule has 0 radical (unpaired) electrons. The van der Waals surface area contributed by atoms with Gasteiger partial charge in [0.1, 0.15) is 0 Å². The summed E-state index contributed by atoms with van der Waals surface area (Å²) < 4.78 is 0. The lowest BCUT2D eigenvalue weighted by molar-refractivity contribution is 0.149. The smallest absolute Gasteiger partial charge is 0.00157 e. The van der Waals surface area contributed by atoms with E-state index in [-0.39, 0.29) is 24.8 Å². The van der Waals surface area contributed by atoms with Gasteiger partial charge in [-0.05, 0) is 64.7 Å². The third-order valence-corrected chi connectivity index (χ3v) is 5.31. The van der Waals surface area contributed by atoms with Gasteiger partial charge in [0, 0.05) is 13.1 Å². The largest absolute Gasteiger partial charge is 0.304 e. The molecule has 4 heteroatoms. The fraction of sp³-hybridized carbons (Fsp3) is 0.889. The van der Waals surface area contributed by atoms with Crippen LogP contribution in [-0.2, 0) is 0 Å². The van der Waals surface area contributed by atoms with Gasteiger partial charge in [-0.3, -0.25) is 0 Å². The molecule has 0 amide bonds. The number of allylic oxidation sites excluding steroid dienone is 2. The molecular formula is C18H38Cl2N2. The Morgan fingerprint density at radius 2 is 0.955 bits per heavy atom. The van der Waals surface area contributed by atoms with Crippen molar-refractivity contribution in [1.29, 1.82) is 0 Å². The van der Waals surface area contributed by atoms with Crippen molar-refractivity contribution < 1.29 is 0 Å². The topological polar surface area (TPSA) is 6.48 Å². The minimum atomic E-state index is 0. The van der Waals surface area contributed by atoms with E-state index in [1.54, 1.807) is 11.1 Å². The Morgan fingerprint density at radius 3 is 1.18 bits per heavy atom. The highest BCUT2D eigenvalue weighted by Gasteiger charge is 2.29. The molecule has 0 bridgehead atoms. The van der Waals surface area contributed by atoms with Crippen molar-refractivity contribution in [3.8, 4) is 0 Å². The average molecular weight is 353 g/mol. The van der Waals surface area contributed by atoms with Crippen molar-refractivity contribution in [1.82, 2.24) is 9.80 Å². The molecular weight excluding hydrogens is 315 g/mol. The van der Waals surface area contributed by atoms with Crippen LogP contribution in [0.4, 0.5) is 0 Å². The maximum atomic E-state index is 2.60. The molecule has 0 spiro atoms. The van der Waals surface area contributed by atoms with Crippen LogP contribution in [0.15, 0.2) is 11.1 Å². The van der Waals surface area contributed by atoms with E-state index < -0.39 is 0 Å². The monoisotopic (exact) mass is 352 g/mol. The van der Waals surface area contributed by atoms with Crippen LogP contribution in [0.5, 0.6) is 0 Å². The summed E-state index contributed by atoms with van der Waals surface area (Å²) in [6.45, 7) is 21.2. The molecule has 0 fully saturated rings. The van der Waals surface area contributed by atoms with Crippen molar-refractivity contribution in [3.63, 3.8) is 0 Å². The van der Waals surface area contributed by atoms with Crippen LogP contribution in [0.1, 0.15) is 54.4 Å². The van der Waals surface area contributed by atoms with E-state index in [1.807, 2.05) is 0 Å². The van der Waals surface area contributed by atoms with E-state index in [0.29, 0.717) is 0 Å². The van der Waals surface area contributed by atoms with Crippen LogP contribution in [0.2, 0.25) is 0 Å². The van der Waals surface area contributed by atoms with Gasteiger partial charge in [-0.1, -0.05) is 38.8 Å². The summed E-state index contributed by atoms with van der Waals surface area (Å²) in [7, 11) is 0. The van der Waals surface area contributed by atoms with Crippen molar-refractivity contribution in [2.45, 2.75) is 54.4 Å². The average Bonchev–Trinajstić information content (AvgIpc) is 2.46. The van der Waals surface area contributed by atoms with E-state index >= 15 is 0 Å². The molecule has 0 aromatic carbocycles. The molecule has 1 aliphatic rings. The van der Waals surface area contributed by atoms with Crippen molar-refractivity contribution in [2.75, 3.05) is 39.3 Å². The molecule has 2 unspecified atom stereocenters. The van der Waals surface area contributed by atoms with E-state index in [9.17, 15) is 0 Å². The third-order valence-electron chi connectivity index (χ3n) is 5.31. The van der Waals surface area contributed by atoms with Crippen LogP contribution in [0.25, 0.3) is 0 Å². The summed E-state index contributed by atoms with van der Waals surface area (Å²) in [4.78, 5) is 5.21. The lowest BCUT2D eigenvalue weighted by atomic mass is 9.76. The number of hydrogen-bond acceptors (Lipinski definition) is 2. The van der Waals surface area contributed by atoms with Crippen LogP contribution in [-0.4, -0.2) is 49.1 Å². The Balaban J connectivity index is 0. The van der Waals surface area contributed by atoms with Gasteiger partial charge in [0.05, 0.1) is 0 Å². The fourth-order valence-corrected chi connectivity index (χ4v) is 3.52. The molecule has 2 nitrogen and oxygen atoms in total. The van der Waals surface area contributed by atoms with E-state index in [2.05, 4.69) is 51.3 Å². The van der Waals surface area contributed by atoms with E-state index in [4.69, 9.17) is 0 Å². The Labute approximate surface area is 151 Å². The maximum absolute atomic E-state index is 2.60. The zero-order chi connectivity index (χ0) is 15.1. The zero-order valence-corrected chi connectivity index (χ0v) is 17.2. The number of hydrogen-bond donors (Lipinski definition) is 0. The van der Waals surface area contributed by atoms with Crippen LogP contribution >= 0.6 is 24.8 Å². The first-order valence-electron chi connectivity index (χ1n) is 8.65. The molecule has 0 saturated heterocycles. The highest BCUT2D eigenvalue weighted by atomic mass is 35.5. The Hall–Kier alpha value is 0.240. The normalized spacial score (nSPS) is 21.8. The first-order chi connectivity index (χ1) is 9.55. The minimum absolute atomic E-state index is 0. The fourth-order valence-electron chi connectivity index (χ4n) is 3.52. The van der Waals surface area contributed by atoms with Gasteiger partial charge in [-0.2, -0.15) is 0 Å². The molecule has 22 heavy (non-hydrogen) atoms. The predicted molar refractivity (Wildman–Crippen MR) is 105 cm³/mol. The molecule has 1 aliphatic carbocycles. The summed E-state index contributed by atoms with van der Waals surface area (Å²) in [5, 5.41) is 0. The number of halogens is 2. The summed E-state index contributed by atoms with van der Waals surface area (Å²) in [6, 6.07) is 0. The zero-order valence-electron chi connectivity index (χ0n) is 15.5. The molecule has 0 aromatic heterocycles. The summed E-state index contributed by atoms with van der Waals surface area (Å²) in [5.41, 5.74) is 3.30. The first kappa shape index (κ1) is 24.5. The molecule has 0 aromatic rings. The second kappa shape index (κ2) is 12.6. The Morgan fingerprint density at radius 1 is 0.682 bits per heavy atom. The van der Waals surface area contributed by atoms with Crippen LogP contribution in [0, 0.1) is 11.8 Å². The highest BCUT2D eigenvalue weighted by Crippen LogP contribution is 2.35. The van der Waals surface area contributed by atoms with Gasteiger partial charge in [-0.25, -0.2) is 0 Å². The lowest BCUT2D eigenvalue weighted by Crippen LogP contribution is -2.40. The standard InChI is InChI=1S/C18H36N2.2ClH/c1-7-19(8-2)13-17-11-15(5)16(6)12-18(17)14-20(9-3)10-4;;/h17-18H,7-14H2,1-6H3;2*1H. The molecule has 134 valence electrons. The summed E-state index contributed by atoms with van der Waals surface area (Å²) >= 11 is 0. The second-order valence-corrected chi connectivity index (χ2v) is 6.46. The first-order valence-corrected chi connectivity index (χ1v) is 8.65. The highest BCUT2D eigenvalue weighted by molar-refractivity contribution is 5.85. The van der Waals surface area contributed by atoms with Crippen LogP contribution < -0.4 is 0 Å². The van der Waals surface area contributed by atoms with Gasteiger partial charge in [-0.15, -0.1) is 24.8 Å². The van der Waals surface area contributed by atoms with E-state index in [0.717, 1.165) is 11.8 Å². The number of nitrogens with zero attached hydrogens (tertiary/aromatic N) is 2. The van der Waals surface area contributed by atoms with Gasteiger partial charge in [0.2, 0.25) is 0 Å². The number of rotatable bonds is 8. The summed E-state index contributed by atoms with van der Waals surface area (Å²) in [5.74, 6) is 1.69. The Bertz CT molecular complexity index is 280. The molecule has 1 rings (SSSR count). The molecule has 0 saturated carbocycles. The quantitative estimate of drug-likeness (QED) is 0.574.